The molecule has 0 unspecified atom stereocenters. The first-order chi connectivity index (χ1) is 14.3. The highest BCUT2D eigenvalue weighted by molar-refractivity contribution is 7.82. The van der Waals surface area contributed by atoms with E-state index in [1.807, 2.05) is 0 Å². The number of nitrogens with one attached hydrogen (secondary N) is 2. The number of anilines is 2. The maximum absolute atomic E-state index is 13.7. The summed E-state index contributed by atoms with van der Waals surface area (Å²) in [7, 11) is 0. The summed E-state index contributed by atoms with van der Waals surface area (Å²) in [6.45, 7) is -0.0239. The van der Waals surface area contributed by atoms with Crippen molar-refractivity contribution in [3.8, 4) is 0 Å². The summed E-state index contributed by atoms with van der Waals surface area (Å²) in [6.07, 6.45) is 0. The Morgan fingerprint density at radius 3 is 2.23 bits per heavy atom. The third-order valence-corrected chi connectivity index (χ3v) is 4.52. The van der Waals surface area contributed by atoms with Crippen LogP contribution in [0.3, 0.4) is 0 Å². The molecule has 0 bridgehead atoms. The van der Waals surface area contributed by atoms with Crippen LogP contribution in [-0.2, 0) is 6.54 Å². The van der Waals surface area contributed by atoms with E-state index in [0.29, 0.717) is 16.9 Å². The molecule has 0 fully saturated rings. The predicted molar refractivity (Wildman–Crippen MR) is 111 cm³/mol. The van der Waals surface area contributed by atoms with E-state index in [2.05, 4.69) is 23.4 Å². The van der Waals surface area contributed by atoms with Crippen LogP contribution in [0.25, 0.3) is 0 Å². The molecule has 0 radical (unpaired) electrons. The molecule has 3 amide bonds. The lowest BCUT2D eigenvalue weighted by molar-refractivity contribution is 0.102. The van der Waals surface area contributed by atoms with Crippen LogP contribution in [0, 0.1) is 17.5 Å². The molecule has 0 aliphatic heterocycles. The van der Waals surface area contributed by atoms with Crippen LogP contribution in [0.4, 0.5) is 29.3 Å². The largest absolute Gasteiger partial charge is 0.333 e. The fourth-order valence-corrected chi connectivity index (χ4v) is 2.75. The normalized spacial score (nSPS) is 10.4. The summed E-state index contributed by atoms with van der Waals surface area (Å²) >= 11 is 4.12. The number of nitrogens with zero attached hydrogens (tertiary/aromatic N) is 1. The van der Waals surface area contributed by atoms with Crippen LogP contribution in [0.1, 0.15) is 15.9 Å². The predicted octanol–water partition coefficient (Wildman–Crippen LogP) is 4.92. The van der Waals surface area contributed by atoms with Gasteiger partial charge in [-0.1, -0.05) is 31.0 Å². The van der Waals surface area contributed by atoms with Gasteiger partial charge in [0.2, 0.25) is 0 Å². The fourth-order valence-electron chi connectivity index (χ4n) is 2.55. The van der Waals surface area contributed by atoms with E-state index in [-0.39, 0.29) is 12.1 Å². The first-order valence-electron chi connectivity index (χ1n) is 8.72. The van der Waals surface area contributed by atoms with Crippen LogP contribution >= 0.6 is 12.8 Å². The Balaban J connectivity index is 1.59. The van der Waals surface area contributed by atoms with Gasteiger partial charge in [0.15, 0.2) is 11.6 Å². The van der Waals surface area contributed by atoms with E-state index in [0.717, 1.165) is 16.4 Å². The van der Waals surface area contributed by atoms with Crippen LogP contribution in [0.15, 0.2) is 66.7 Å². The summed E-state index contributed by atoms with van der Waals surface area (Å²) in [6, 6.07) is 14.4. The zero-order valence-corrected chi connectivity index (χ0v) is 16.3. The molecule has 0 spiro atoms. The molecule has 3 aromatic rings. The topological polar surface area (TPSA) is 61.4 Å². The molecule has 0 saturated heterocycles. The minimum absolute atomic E-state index is 0.0239. The van der Waals surface area contributed by atoms with Crippen molar-refractivity contribution in [2.24, 2.45) is 0 Å². The van der Waals surface area contributed by atoms with Crippen molar-refractivity contribution in [1.29, 1.82) is 0 Å². The molecule has 0 saturated carbocycles. The lowest BCUT2D eigenvalue weighted by atomic mass is 10.2. The van der Waals surface area contributed by atoms with Crippen LogP contribution in [-0.4, -0.2) is 11.9 Å². The Kier molecular flexibility index (Phi) is 6.63. The van der Waals surface area contributed by atoms with Gasteiger partial charge in [0.25, 0.3) is 5.91 Å². The van der Waals surface area contributed by atoms with Crippen molar-refractivity contribution in [2.45, 2.75) is 6.54 Å². The second-order valence-electron chi connectivity index (χ2n) is 6.20. The highest BCUT2D eigenvalue weighted by atomic mass is 32.1. The van der Waals surface area contributed by atoms with Crippen LogP contribution < -0.4 is 14.9 Å². The smallest absolute Gasteiger partial charge is 0.332 e. The van der Waals surface area contributed by atoms with Gasteiger partial charge in [0.1, 0.15) is 5.82 Å². The highest BCUT2D eigenvalue weighted by Gasteiger charge is 2.14. The zero-order valence-electron chi connectivity index (χ0n) is 15.4. The summed E-state index contributed by atoms with van der Waals surface area (Å²) in [5.41, 5.74) is 1.09. The molecule has 3 aromatic carbocycles. The van der Waals surface area contributed by atoms with Crippen molar-refractivity contribution < 1.29 is 22.8 Å². The number of hydrogen-bond donors (Lipinski definition) is 3. The van der Waals surface area contributed by atoms with Gasteiger partial charge < -0.3 is 10.6 Å². The second kappa shape index (κ2) is 9.36. The molecular formula is C21H16F3N3O2S. The van der Waals surface area contributed by atoms with Crippen molar-refractivity contribution in [3.63, 3.8) is 0 Å². The van der Waals surface area contributed by atoms with Gasteiger partial charge in [-0.2, -0.15) is 0 Å². The Labute approximate surface area is 176 Å². The number of rotatable bonds is 5. The van der Waals surface area contributed by atoms with E-state index in [1.165, 1.54) is 48.5 Å². The number of amides is 3. The first kappa shape index (κ1) is 21.3. The summed E-state index contributed by atoms with van der Waals surface area (Å²) < 4.78 is 40.9. The van der Waals surface area contributed by atoms with Crippen molar-refractivity contribution in [3.05, 3.63) is 95.3 Å². The lowest BCUT2D eigenvalue weighted by Crippen LogP contribution is -2.33. The van der Waals surface area contributed by atoms with E-state index in [1.54, 1.807) is 6.07 Å². The van der Waals surface area contributed by atoms with E-state index < -0.39 is 29.4 Å². The molecule has 30 heavy (non-hydrogen) atoms. The van der Waals surface area contributed by atoms with E-state index in [9.17, 15) is 22.8 Å². The molecule has 0 aromatic heterocycles. The second-order valence-corrected chi connectivity index (χ2v) is 6.60. The molecule has 5 nitrogen and oxygen atoms in total. The fraction of sp³-hybridized carbons (Fsp3) is 0.0476. The average Bonchev–Trinajstić information content (AvgIpc) is 2.74. The van der Waals surface area contributed by atoms with Crippen LogP contribution in [0.2, 0.25) is 0 Å². The maximum atomic E-state index is 13.7. The van der Waals surface area contributed by atoms with Gasteiger partial charge in [0.05, 0.1) is 11.3 Å². The minimum atomic E-state index is -1.00. The molecule has 2 N–H and O–H groups in total. The van der Waals surface area contributed by atoms with Gasteiger partial charge >= 0.3 is 6.03 Å². The number of hydrogen-bond acceptors (Lipinski definition) is 3. The molecule has 3 rings (SSSR count). The average molecular weight is 431 g/mol. The number of carbonyl (C=O) groups is 2. The molecule has 0 aliphatic rings. The highest BCUT2D eigenvalue weighted by Crippen LogP contribution is 2.21. The third kappa shape index (κ3) is 5.12. The summed E-state index contributed by atoms with van der Waals surface area (Å²) in [5.74, 6) is -3.21. The number of benzene rings is 3. The molecule has 0 heterocycles. The summed E-state index contributed by atoms with van der Waals surface area (Å²) in [5, 5.41) is 5.09. The van der Waals surface area contributed by atoms with Crippen LogP contribution in [0.5, 0.6) is 0 Å². The van der Waals surface area contributed by atoms with Gasteiger partial charge in [-0.3, -0.25) is 4.79 Å². The zero-order chi connectivity index (χ0) is 21.7. The number of carbonyl (C=O) groups excluding carboxylic acids is 2. The van der Waals surface area contributed by atoms with E-state index >= 15 is 0 Å². The van der Waals surface area contributed by atoms with Gasteiger partial charge in [-0.25, -0.2) is 22.3 Å². The summed E-state index contributed by atoms with van der Waals surface area (Å²) in [4.78, 5) is 24.3. The minimum Gasteiger partial charge on any atom is -0.333 e. The van der Waals surface area contributed by atoms with Gasteiger partial charge in [-0.05, 0) is 54.1 Å². The number of thiol groups is 1. The Bertz CT molecular complexity index is 1080. The number of halogens is 3. The Morgan fingerprint density at radius 1 is 0.867 bits per heavy atom. The van der Waals surface area contributed by atoms with Crippen molar-refractivity contribution in [1.82, 2.24) is 5.32 Å². The molecule has 0 atom stereocenters. The Morgan fingerprint density at radius 2 is 1.57 bits per heavy atom. The molecule has 0 aliphatic carbocycles. The SMILES string of the molecule is O=C(Nc1ccc(N(S)C(=O)NCc2ccc(F)c(F)c2)cc1)c1ccccc1F. The van der Waals surface area contributed by atoms with Crippen molar-refractivity contribution >= 4 is 36.1 Å². The number of urea groups is 1. The van der Waals surface area contributed by atoms with Gasteiger partial charge in [0, 0.05) is 12.2 Å². The molecule has 9 heteroatoms. The van der Waals surface area contributed by atoms with E-state index in [4.69, 9.17) is 0 Å². The lowest BCUT2D eigenvalue weighted by Gasteiger charge is -2.17. The Hall–Kier alpha value is -3.46. The first-order valence-corrected chi connectivity index (χ1v) is 9.12. The van der Waals surface area contributed by atoms with Crippen molar-refractivity contribution in [2.75, 3.05) is 9.62 Å². The standard InChI is InChI=1S/C21H16F3N3O2S/c22-17-4-2-1-3-16(17)20(28)26-14-6-8-15(9-7-14)27(30)21(29)25-12-13-5-10-18(23)19(24)11-13/h1-11,30H,12H2,(H,25,29)(H,26,28). The maximum Gasteiger partial charge on any atom is 0.332 e. The molecular weight excluding hydrogens is 415 g/mol. The monoisotopic (exact) mass is 431 g/mol. The van der Waals surface area contributed by atoms with Gasteiger partial charge in [-0.15, -0.1) is 0 Å². The third-order valence-electron chi connectivity index (χ3n) is 4.11. The quantitative estimate of drug-likeness (QED) is 0.503. The molecule has 154 valence electrons.